The fraction of sp³-hybridized carbons (Fsp3) is 0.381. The minimum absolute atomic E-state index is 0.165. The number of hydrogen-bond acceptors (Lipinski definition) is 5. The molecule has 0 fully saturated rings. The zero-order valence-corrected chi connectivity index (χ0v) is 19.9. The molecule has 0 bridgehead atoms. The molecule has 0 spiro atoms. The molecule has 1 amide bonds. The van der Waals surface area contributed by atoms with Gasteiger partial charge in [0.05, 0.1) is 16.8 Å². The lowest BCUT2D eigenvalue weighted by molar-refractivity contribution is -0.117. The zero-order valence-electron chi connectivity index (χ0n) is 18.3. The molecule has 0 saturated carbocycles. The Bertz CT molecular complexity index is 1240. The molecule has 1 aliphatic rings. The lowest BCUT2D eigenvalue weighted by atomic mass is 10.1. The Hall–Kier alpha value is -2.43. The molecule has 168 valence electrons. The molecule has 0 atom stereocenters. The van der Waals surface area contributed by atoms with Gasteiger partial charge < -0.3 is 4.90 Å². The van der Waals surface area contributed by atoms with E-state index < -0.39 is 20.0 Å². The van der Waals surface area contributed by atoms with E-state index in [1.54, 1.807) is 25.1 Å². The Morgan fingerprint density at radius 1 is 1.03 bits per heavy atom. The van der Waals surface area contributed by atoms with Gasteiger partial charge >= 0.3 is 0 Å². The molecule has 0 aliphatic carbocycles. The van der Waals surface area contributed by atoms with E-state index in [1.165, 1.54) is 25.1 Å². The van der Waals surface area contributed by atoms with Crippen molar-refractivity contribution in [2.45, 2.75) is 25.2 Å². The number of benzene rings is 2. The van der Waals surface area contributed by atoms with Crippen molar-refractivity contribution in [2.75, 3.05) is 42.6 Å². The third-order valence-electron chi connectivity index (χ3n) is 5.34. The first kappa shape index (κ1) is 23.2. The van der Waals surface area contributed by atoms with Crippen LogP contribution in [-0.2, 0) is 31.3 Å². The summed E-state index contributed by atoms with van der Waals surface area (Å²) in [5.41, 5.74) is 3.47. The number of rotatable bonds is 6. The van der Waals surface area contributed by atoms with Crippen LogP contribution in [0.3, 0.4) is 0 Å². The summed E-state index contributed by atoms with van der Waals surface area (Å²) < 4.78 is 52.0. The SMILES string of the molecule is Cc1ccc(C)c(N(CC(=O)N2CCc3cc(S(=O)(=O)N(C)C)ccc32)S(C)(=O)=O)c1. The van der Waals surface area contributed by atoms with E-state index in [4.69, 9.17) is 0 Å². The van der Waals surface area contributed by atoms with Gasteiger partial charge in [0.25, 0.3) is 0 Å². The summed E-state index contributed by atoms with van der Waals surface area (Å²) in [5.74, 6) is -0.367. The summed E-state index contributed by atoms with van der Waals surface area (Å²) in [6, 6.07) is 10.1. The molecular formula is C21H27N3O5S2. The molecule has 2 aromatic rings. The molecule has 10 heteroatoms. The summed E-state index contributed by atoms with van der Waals surface area (Å²) >= 11 is 0. The van der Waals surface area contributed by atoms with Gasteiger partial charge in [-0.05, 0) is 61.2 Å². The average Bonchev–Trinajstić information content (AvgIpc) is 3.10. The standard InChI is InChI=1S/C21H27N3O5S2/c1-15-6-7-16(2)20(12-15)24(30(5,26)27)14-21(25)23-11-10-17-13-18(8-9-19(17)23)31(28,29)22(3)4/h6-9,12-13H,10-11,14H2,1-5H3. The third kappa shape index (κ3) is 4.60. The second-order valence-corrected chi connectivity index (χ2v) is 12.0. The Morgan fingerprint density at radius 2 is 1.71 bits per heavy atom. The van der Waals surface area contributed by atoms with Crippen LogP contribution in [0.4, 0.5) is 11.4 Å². The van der Waals surface area contributed by atoms with E-state index in [1.807, 2.05) is 19.1 Å². The predicted molar refractivity (Wildman–Crippen MR) is 121 cm³/mol. The lowest BCUT2D eigenvalue weighted by Crippen LogP contribution is -2.42. The van der Waals surface area contributed by atoms with Crippen molar-refractivity contribution in [3.05, 3.63) is 53.1 Å². The quantitative estimate of drug-likeness (QED) is 0.650. The predicted octanol–water partition coefficient (Wildman–Crippen LogP) is 1.91. The van der Waals surface area contributed by atoms with Gasteiger partial charge in [0.15, 0.2) is 0 Å². The van der Waals surface area contributed by atoms with E-state index in [9.17, 15) is 21.6 Å². The zero-order chi connectivity index (χ0) is 23.1. The maximum absolute atomic E-state index is 13.1. The highest BCUT2D eigenvalue weighted by Crippen LogP contribution is 2.32. The Morgan fingerprint density at radius 3 is 2.32 bits per heavy atom. The first-order valence-electron chi connectivity index (χ1n) is 9.73. The minimum atomic E-state index is -3.69. The van der Waals surface area contributed by atoms with E-state index >= 15 is 0 Å². The Balaban J connectivity index is 1.92. The van der Waals surface area contributed by atoms with Gasteiger partial charge in [0.2, 0.25) is 26.0 Å². The van der Waals surface area contributed by atoms with Crippen molar-refractivity contribution in [2.24, 2.45) is 0 Å². The van der Waals surface area contributed by atoms with E-state index in [0.29, 0.717) is 24.3 Å². The van der Waals surface area contributed by atoms with Crippen molar-refractivity contribution in [3.8, 4) is 0 Å². The minimum Gasteiger partial charge on any atom is -0.310 e. The maximum Gasteiger partial charge on any atom is 0.247 e. The highest BCUT2D eigenvalue weighted by Gasteiger charge is 2.30. The highest BCUT2D eigenvalue weighted by molar-refractivity contribution is 7.92. The molecule has 31 heavy (non-hydrogen) atoms. The van der Waals surface area contributed by atoms with Gasteiger partial charge in [-0.15, -0.1) is 0 Å². The van der Waals surface area contributed by atoms with Crippen molar-refractivity contribution >= 4 is 37.3 Å². The van der Waals surface area contributed by atoms with Gasteiger partial charge in [-0.3, -0.25) is 9.10 Å². The topological polar surface area (TPSA) is 95.1 Å². The second kappa shape index (κ2) is 8.25. The number of fused-ring (bicyclic) bond motifs is 1. The number of amides is 1. The van der Waals surface area contributed by atoms with Crippen LogP contribution >= 0.6 is 0 Å². The highest BCUT2D eigenvalue weighted by atomic mass is 32.2. The number of hydrogen-bond donors (Lipinski definition) is 0. The molecule has 0 unspecified atom stereocenters. The summed E-state index contributed by atoms with van der Waals surface area (Å²) in [4.78, 5) is 14.8. The largest absolute Gasteiger partial charge is 0.310 e. The van der Waals surface area contributed by atoms with Gasteiger partial charge in [0, 0.05) is 26.3 Å². The van der Waals surface area contributed by atoms with Crippen LogP contribution < -0.4 is 9.21 Å². The van der Waals surface area contributed by atoms with Crippen LogP contribution in [0.25, 0.3) is 0 Å². The van der Waals surface area contributed by atoms with Gasteiger partial charge in [-0.1, -0.05) is 12.1 Å². The lowest BCUT2D eigenvalue weighted by Gasteiger charge is -2.27. The molecule has 8 nitrogen and oxygen atoms in total. The van der Waals surface area contributed by atoms with Crippen molar-refractivity contribution in [1.82, 2.24) is 4.31 Å². The molecule has 0 saturated heterocycles. The number of aryl methyl sites for hydroxylation is 2. The number of carbonyl (C=O) groups is 1. The number of carbonyl (C=O) groups excluding carboxylic acids is 1. The molecule has 2 aromatic carbocycles. The summed E-state index contributed by atoms with van der Waals surface area (Å²) in [5, 5.41) is 0. The van der Waals surface area contributed by atoms with E-state index in [-0.39, 0.29) is 17.3 Å². The number of nitrogens with zero attached hydrogens (tertiary/aromatic N) is 3. The van der Waals surface area contributed by atoms with Gasteiger partial charge in [-0.25, -0.2) is 21.1 Å². The van der Waals surface area contributed by atoms with Crippen LogP contribution in [-0.4, -0.2) is 60.5 Å². The summed E-state index contributed by atoms with van der Waals surface area (Å²) in [7, 11) is -4.34. The smallest absolute Gasteiger partial charge is 0.247 e. The van der Waals surface area contributed by atoms with Gasteiger partial charge in [0.1, 0.15) is 6.54 Å². The van der Waals surface area contributed by atoms with Crippen molar-refractivity contribution < 1.29 is 21.6 Å². The van der Waals surface area contributed by atoms with Crippen molar-refractivity contribution in [3.63, 3.8) is 0 Å². The monoisotopic (exact) mass is 465 g/mol. The molecule has 3 rings (SSSR count). The van der Waals surface area contributed by atoms with E-state index in [0.717, 1.165) is 31.6 Å². The molecule has 1 heterocycles. The molecule has 1 aliphatic heterocycles. The van der Waals surface area contributed by atoms with Crippen LogP contribution in [0.15, 0.2) is 41.3 Å². The number of anilines is 2. The molecule has 0 aromatic heterocycles. The first-order chi connectivity index (χ1) is 14.3. The number of sulfonamides is 2. The fourth-order valence-electron chi connectivity index (χ4n) is 3.59. The second-order valence-electron chi connectivity index (χ2n) is 7.93. The third-order valence-corrected chi connectivity index (χ3v) is 8.28. The average molecular weight is 466 g/mol. The molecule has 0 radical (unpaired) electrons. The van der Waals surface area contributed by atoms with Crippen LogP contribution in [0.2, 0.25) is 0 Å². The van der Waals surface area contributed by atoms with Crippen LogP contribution in [0, 0.1) is 13.8 Å². The molecule has 0 N–H and O–H groups in total. The Kier molecular flexibility index (Phi) is 6.18. The Labute approximate surface area is 184 Å². The summed E-state index contributed by atoms with van der Waals surface area (Å²) in [6.07, 6.45) is 1.58. The normalized spacial score (nSPS) is 14.1. The maximum atomic E-state index is 13.1. The van der Waals surface area contributed by atoms with Crippen molar-refractivity contribution in [1.29, 1.82) is 0 Å². The fourth-order valence-corrected chi connectivity index (χ4v) is 5.44. The van der Waals surface area contributed by atoms with E-state index in [2.05, 4.69) is 0 Å². The summed E-state index contributed by atoms with van der Waals surface area (Å²) in [6.45, 7) is 3.70. The molecular weight excluding hydrogens is 438 g/mol. The van der Waals surface area contributed by atoms with Crippen LogP contribution in [0.5, 0.6) is 0 Å². The van der Waals surface area contributed by atoms with Crippen LogP contribution in [0.1, 0.15) is 16.7 Å². The van der Waals surface area contributed by atoms with Gasteiger partial charge in [-0.2, -0.15) is 0 Å². The first-order valence-corrected chi connectivity index (χ1v) is 13.0.